The highest BCUT2D eigenvalue weighted by Gasteiger charge is 2.19. The molecule has 1 heterocycles. The zero-order chi connectivity index (χ0) is 13.1. The molecule has 4 heteroatoms. The van der Waals surface area contributed by atoms with Gasteiger partial charge in [-0.3, -0.25) is 4.99 Å². The van der Waals surface area contributed by atoms with Gasteiger partial charge in [0.15, 0.2) is 5.17 Å². The average Bonchev–Trinajstić information content (AvgIpc) is 2.28. The van der Waals surface area contributed by atoms with Gasteiger partial charge in [0.1, 0.15) is 0 Å². The van der Waals surface area contributed by atoms with Gasteiger partial charge in [0, 0.05) is 10.3 Å². The van der Waals surface area contributed by atoms with E-state index in [0.717, 1.165) is 16.6 Å². The lowest BCUT2D eigenvalue weighted by Gasteiger charge is -2.25. The molecular weight excluding hydrogens is 264 g/mol. The molecule has 1 aromatic carbocycles. The normalized spacial score (nSPS) is 25.4. The Bertz CT molecular complexity index is 430. The molecule has 1 N–H and O–H groups in total. The molecule has 0 aromatic heterocycles. The Morgan fingerprint density at radius 1 is 1.33 bits per heavy atom. The second-order valence-corrected chi connectivity index (χ2v) is 6.73. The van der Waals surface area contributed by atoms with Gasteiger partial charge in [0.2, 0.25) is 0 Å². The number of rotatable bonds is 2. The number of nitrogens with one attached hydrogen (secondary N) is 1. The molecule has 0 amide bonds. The second-order valence-electron chi connectivity index (χ2n) is 4.87. The minimum atomic E-state index is 0.256. The minimum absolute atomic E-state index is 0.256. The highest BCUT2D eigenvalue weighted by atomic mass is 35.5. The topological polar surface area (TPSA) is 24.4 Å². The lowest BCUT2D eigenvalue weighted by molar-refractivity contribution is 0.643. The van der Waals surface area contributed by atoms with Crippen LogP contribution in [-0.4, -0.2) is 16.5 Å². The van der Waals surface area contributed by atoms with Crippen molar-refractivity contribution in [3.05, 3.63) is 34.9 Å². The number of aliphatic imine (C=N–C) groups is 1. The summed E-state index contributed by atoms with van der Waals surface area (Å²) >= 11 is 7.73. The first-order valence-corrected chi connectivity index (χ1v) is 7.57. The Hall–Kier alpha value is -0.670. The van der Waals surface area contributed by atoms with Crippen LogP contribution in [0.1, 0.15) is 38.8 Å². The summed E-state index contributed by atoms with van der Waals surface area (Å²) in [5.74, 6) is 0. The van der Waals surface area contributed by atoms with E-state index in [-0.39, 0.29) is 6.04 Å². The van der Waals surface area contributed by atoms with Gasteiger partial charge in [-0.2, -0.15) is 0 Å². The molecule has 1 aliphatic rings. The maximum absolute atomic E-state index is 5.90. The fourth-order valence-corrected chi connectivity index (χ4v) is 3.46. The Balaban J connectivity index is 2.03. The molecule has 0 spiro atoms. The van der Waals surface area contributed by atoms with Crippen molar-refractivity contribution < 1.29 is 0 Å². The molecule has 3 unspecified atom stereocenters. The molecule has 2 nitrogen and oxygen atoms in total. The van der Waals surface area contributed by atoms with Crippen molar-refractivity contribution >= 4 is 28.5 Å². The van der Waals surface area contributed by atoms with Crippen LogP contribution in [0.4, 0.5) is 0 Å². The van der Waals surface area contributed by atoms with Gasteiger partial charge in [-0.25, -0.2) is 0 Å². The van der Waals surface area contributed by atoms with Gasteiger partial charge < -0.3 is 5.32 Å². The van der Waals surface area contributed by atoms with Crippen molar-refractivity contribution in [3.8, 4) is 0 Å². The third kappa shape index (κ3) is 3.66. The molecular formula is C14H19ClN2S. The SMILES string of the molecule is CC1CC(C)SC(NC(C)c2ccc(Cl)cc2)=N1. The first-order chi connectivity index (χ1) is 8.54. The van der Waals surface area contributed by atoms with Crippen LogP contribution in [0.5, 0.6) is 0 Å². The molecule has 2 rings (SSSR count). The zero-order valence-electron chi connectivity index (χ0n) is 11.0. The van der Waals surface area contributed by atoms with Crippen LogP contribution in [0.2, 0.25) is 5.02 Å². The van der Waals surface area contributed by atoms with Gasteiger partial charge in [-0.15, -0.1) is 0 Å². The predicted octanol–water partition coefficient (Wildman–Crippen LogP) is 4.26. The molecule has 0 bridgehead atoms. The van der Waals surface area contributed by atoms with Gasteiger partial charge in [-0.1, -0.05) is 42.4 Å². The Kier molecular flexibility index (Phi) is 4.57. The van der Waals surface area contributed by atoms with Gasteiger partial charge in [0.25, 0.3) is 0 Å². The Morgan fingerprint density at radius 2 is 2.00 bits per heavy atom. The Morgan fingerprint density at radius 3 is 2.61 bits per heavy atom. The quantitative estimate of drug-likeness (QED) is 0.876. The van der Waals surface area contributed by atoms with E-state index in [1.54, 1.807) is 0 Å². The summed E-state index contributed by atoms with van der Waals surface area (Å²) in [7, 11) is 0. The number of hydrogen-bond donors (Lipinski definition) is 1. The summed E-state index contributed by atoms with van der Waals surface area (Å²) < 4.78 is 0. The van der Waals surface area contributed by atoms with Crippen LogP contribution < -0.4 is 5.32 Å². The molecule has 0 fully saturated rings. The molecule has 0 saturated carbocycles. The summed E-state index contributed by atoms with van der Waals surface area (Å²) in [6.07, 6.45) is 1.16. The van der Waals surface area contributed by atoms with Crippen LogP contribution in [0.3, 0.4) is 0 Å². The van der Waals surface area contributed by atoms with E-state index in [4.69, 9.17) is 11.6 Å². The molecule has 0 aliphatic carbocycles. The van der Waals surface area contributed by atoms with E-state index >= 15 is 0 Å². The first kappa shape index (κ1) is 13.8. The fraction of sp³-hybridized carbons (Fsp3) is 0.500. The number of thioether (sulfide) groups is 1. The smallest absolute Gasteiger partial charge is 0.157 e. The van der Waals surface area contributed by atoms with E-state index in [1.165, 1.54) is 5.56 Å². The largest absolute Gasteiger partial charge is 0.358 e. The summed E-state index contributed by atoms with van der Waals surface area (Å²) in [5.41, 5.74) is 1.23. The number of nitrogens with zero attached hydrogens (tertiary/aromatic N) is 1. The lowest BCUT2D eigenvalue weighted by Crippen LogP contribution is -2.30. The van der Waals surface area contributed by atoms with E-state index in [0.29, 0.717) is 11.3 Å². The monoisotopic (exact) mass is 282 g/mol. The molecule has 98 valence electrons. The van der Waals surface area contributed by atoms with Crippen LogP contribution in [0.25, 0.3) is 0 Å². The maximum atomic E-state index is 5.90. The summed E-state index contributed by atoms with van der Waals surface area (Å²) in [5, 5.41) is 5.96. The number of hydrogen-bond acceptors (Lipinski definition) is 3. The van der Waals surface area contributed by atoms with E-state index < -0.39 is 0 Å². The minimum Gasteiger partial charge on any atom is -0.358 e. The summed E-state index contributed by atoms with van der Waals surface area (Å²) in [6, 6.07) is 8.64. The van der Waals surface area contributed by atoms with Gasteiger partial charge in [0.05, 0.1) is 12.1 Å². The number of benzene rings is 1. The van der Waals surface area contributed by atoms with Crippen molar-refractivity contribution in [3.63, 3.8) is 0 Å². The summed E-state index contributed by atoms with van der Waals surface area (Å²) in [6.45, 7) is 6.57. The fourth-order valence-electron chi connectivity index (χ4n) is 2.09. The molecule has 0 radical (unpaired) electrons. The van der Waals surface area contributed by atoms with Crippen LogP contribution in [-0.2, 0) is 0 Å². The standard InChI is InChI=1S/C14H19ClN2S/c1-9-8-10(2)18-14(16-9)17-11(3)12-4-6-13(15)7-5-12/h4-7,9-11H,8H2,1-3H3,(H,16,17). The van der Waals surface area contributed by atoms with E-state index in [2.05, 4.69) is 43.2 Å². The number of amidine groups is 1. The predicted molar refractivity (Wildman–Crippen MR) is 81.6 cm³/mol. The van der Waals surface area contributed by atoms with Crippen molar-refractivity contribution in [1.82, 2.24) is 5.32 Å². The third-order valence-corrected chi connectivity index (χ3v) is 4.33. The van der Waals surface area contributed by atoms with Gasteiger partial charge in [-0.05, 0) is 38.0 Å². The highest BCUT2D eigenvalue weighted by Crippen LogP contribution is 2.25. The molecule has 0 saturated heterocycles. The van der Waals surface area contributed by atoms with Crippen LogP contribution in [0, 0.1) is 0 Å². The van der Waals surface area contributed by atoms with Crippen molar-refractivity contribution in [2.45, 2.75) is 44.5 Å². The lowest BCUT2D eigenvalue weighted by atomic mass is 10.1. The molecule has 18 heavy (non-hydrogen) atoms. The molecule has 1 aromatic rings. The van der Waals surface area contributed by atoms with E-state index in [1.807, 2.05) is 23.9 Å². The van der Waals surface area contributed by atoms with Crippen molar-refractivity contribution in [2.75, 3.05) is 0 Å². The Labute approximate surface area is 118 Å². The molecule has 3 atom stereocenters. The van der Waals surface area contributed by atoms with Crippen molar-refractivity contribution in [1.29, 1.82) is 0 Å². The first-order valence-electron chi connectivity index (χ1n) is 6.31. The van der Waals surface area contributed by atoms with Gasteiger partial charge >= 0.3 is 0 Å². The second kappa shape index (κ2) is 5.98. The molecule has 1 aliphatic heterocycles. The average molecular weight is 283 g/mol. The van der Waals surface area contributed by atoms with E-state index in [9.17, 15) is 0 Å². The van der Waals surface area contributed by atoms with Crippen LogP contribution in [0.15, 0.2) is 29.3 Å². The maximum Gasteiger partial charge on any atom is 0.157 e. The third-order valence-electron chi connectivity index (χ3n) is 3.03. The summed E-state index contributed by atoms with van der Waals surface area (Å²) in [4.78, 5) is 4.66. The number of halogens is 1. The van der Waals surface area contributed by atoms with Crippen LogP contribution >= 0.6 is 23.4 Å². The van der Waals surface area contributed by atoms with Crippen molar-refractivity contribution in [2.24, 2.45) is 4.99 Å². The zero-order valence-corrected chi connectivity index (χ0v) is 12.6. The highest BCUT2D eigenvalue weighted by molar-refractivity contribution is 8.14.